The van der Waals surface area contributed by atoms with Crippen molar-refractivity contribution in [1.82, 2.24) is 9.38 Å². The first kappa shape index (κ1) is 7.98. The fourth-order valence-electron chi connectivity index (χ4n) is 1.32. The van der Waals surface area contributed by atoms with E-state index in [4.69, 9.17) is 0 Å². The Kier molecular flexibility index (Phi) is 1.65. The Hall–Kier alpha value is -1.64. The largest absolute Gasteiger partial charge is 0.306 e. The standard InChI is InChI=1S/C10H10N2O/c1-7-4-3-5-12-6-9(8(2)13)11-10(7)12/h3-6H,1-2H3. The molecule has 0 aliphatic rings. The lowest BCUT2D eigenvalue weighted by Gasteiger charge is -1.93. The molecule has 2 aromatic heterocycles. The second kappa shape index (κ2) is 2.69. The molecule has 0 amide bonds. The predicted octanol–water partition coefficient (Wildman–Crippen LogP) is 1.85. The number of nitrogens with zero attached hydrogens (tertiary/aromatic N) is 2. The van der Waals surface area contributed by atoms with E-state index in [9.17, 15) is 4.79 Å². The molecule has 66 valence electrons. The van der Waals surface area contributed by atoms with Gasteiger partial charge in [0.15, 0.2) is 5.78 Å². The van der Waals surface area contributed by atoms with Crippen LogP contribution >= 0.6 is 0 Å². The summed E-state index contributed by atoms with van der Waals surface area (Å²) in [5.74, 6) is 0.00287. The van der Waals surface area contributed by atoms with E-state index in [1.165, 1.54) is 6.92 Å². The van der Waals surface area contributed by atoms with Crippen LogP contribution in [0.3, 0.4) is 0 Å². The molecule has 0 aliphatic carbocycles. The molecule has 2 rings (SSSR count). The quantitative estimate of drug-likeness (QED) is 0.618. The zero-order valence-electron chi connectivity index (χ0n) is 7.61. The third-order valence-corrected chi connectivity index (χ3v) is 2.04. The summed E-state index contributed by atoms with van der Waals surface area (Å²) in [5, 5.41) is 0. The molecular formula is C10H10N2O. The number of fused-ring (bicyclic) bond motifs is 1. The number of ketones is 1. The molecule has 2 aromatic rings. The Morgan fingerprint density at radius 3 is 2.92 bits per heavy atom. The highest BCUT2D eigenvalue weighted by molar-refractivity contribution is 5.92. The van der Waals surface area contributed by atoms with Crippen molar-refractivity contribution >= 4 is 11.4 Å². The van der Waals surface area contributed by atoms with E-state index in [-0.39, 0.29) is 5.78 Å². The number of hydrogen-bond donors (Lipinski definition) is 0. The van der Waals surface area contributed by atoms with Gasteiger partial charge in [0.05, 0.1) is 0 Å². The minimum absolute atomic E-state index is 0.00287. The zero-order chi connectivity index (χ0) is 9.42. The highest BCUT2D eigenvalue weighted by Crippen LogP contribution is 2.09. The number of carbonyl (C=O) groups excluding carboxylic acids is 1. The summed E-state index contributed by atoms with van der Waals surface area (Å²) in [4.78, 5) is 15.3. The first-order valence-electron chi connectivity index (χ1n) is 4.14. The van der Waals surface area contributed by atoms with E-state index in [2.05, 4.69) is 4.98 Å². The third-order valence-electron chi connectivity index (χ3n) is 2.04. The van der Waals surface area contributed by atoms with Crippen molar-refractivity contribution in [3.05, 3.63) is 35.8 Å². The lowest BCUT2D eigenvalue weighted by molar-refractivity contribution is 0.101. The molecule has 0 aliphatic heterocycles. The molecule has 0 saturated carbocycles. The van der Waals surface area contributed by atoms with Crippen molar-refractivity contribution < 1.29 is 4.79 Å². The number of Topliss-reactive ketones (excluding diaryl/α,β-unsaturated/α-hetero) is 1. The minimum atomic E-state index is 0.00287. The second-order valence-electron chi connectivity index (χ2n) is 3.10. The molecule has 0 N–H and O–H groups in total. The SMILES string of the molecule is CC(=O)c1cn2cccc(C)c2n1. The van der Waals surface area contributed by atoms with Crippen molar-refractivity contribution in [2.45, 2.75) is 13.8 Å². The summed E-state index contributed by atoms with van der Waals surface area (Å²) < 4.78 is 1.87. The van der Waals surface area contributed by atoms with Gasteiger partial charge in [0.2, 0.25) is 0 Å². The van der Waals surface area contributed by atoms with Crippen LogP contribution in [0.2, 0.25) is 0 Å². The molecule has 0 radical (unpaired) electrons. The number of aryl methyl sites for hydroxylation is 1. The van der Waals surface area contributed by atoms with Gasteiger partial charge in [0.25, 0.3) is 0 Å². The van der Waals surface area contributed by atoms with Crippen LogP contribution in [-0.2, 0) is 0 Å². The van der Waals surface area contributed by atoms with E-state index in [1.54, 1.807) is 6.20 Å². The third kappa shape index (κ3) is 1.22. The van der Waals surface area contributed by atoms with E-state index in [0.29, 0.717) is 5.69 Å². The summed E-state index contributed by atoms with van der Waals surface area (Å²) in [6.07, 6.45) is 3.65. The number of rotatable bonds is 1. The van der Waals surface area contributed by atoms with Crippen molar-refractivity contribution in [3.63, 3.8) is 0 Å². The molecule has 0 aromatic carbocycles. The molecule has 0 atom stereocenters. The highest BCUT2D eigenvalue weighted by atomic mass is 16.1. The molecule has 0 bridgehead atoms. The van der Waals surface area contributed by atoms with Gasteiger partial charge >= 0.3 is 0 Å². The maximum atomic E-state index is 11.1. The van der Waals surface area contributed by atoms with Gasteiger partial charge in [0, 0.05) is 19.3 Å². The lowest BCUT2D eigenvalue weighted by atomic mass is 10.3. The maximum Gasteiger partial charge on any atom is 0.179 e. The molecule has 13 heavy (non-hydrogen) atoms. The lowest BCUT2D eigenvalue weighted by Crippen LogP contribution is -1.90. The van der Waals surface area contributed by atoms with Crippen LogP contribution in [0.1, 0.15) is 23.0 Å². The van der Waals surface area contributed by atoms with Gasteiger partial charge in [-0.15, -0.1) is 0 Å². The van der Waals surface area contributed by atoms with Crippen LogP contribution in [0, 0.1) is 6.92 Å². The number of hydrogen-bond acceptors (Lipinski definition) is 2. The molecule has 2 heterocycles. The summed E-state index contributed by atoms with van der Waals surface area (Å²) >= 11 is 0. The zero-order valence-corrected chi connectivity index (χ0v) is 7.61. The number of aromatic nitrogens is 2. The van der Waals surface area contributed by atoms with E-state index >= 15 is 0 Å². The average molecular weight is 174 g/mol. The van der Waals surface area contributed by atoms with Gasteiger partial charge in [-0.05, 0) is 18.6 Å². The maximum absolute atomic E-state index is 11.1. The molecule has 0 spiro atoms. The fourth-order valence-corrected chi connectivity index (χ4v) is 1.32. The van der Waals surface area contributed by atoms with Crippen molar-refractivity contribution in [2.24, 2.45) is 0 Å². The van der Waals surface area contributed by atoms with Gasteiger partial charge < -0.3 is 4.40 Å². The summed E-state index contributed by atoms with van der Waals surface area (Å²) in [6, 6.07) is 3.92. The molecule has 0 saturated heterocycles. The summed E-state index contributed by atoms with van der Waals surface area (Å²) in [7, 11) is 0. The Morgan fingerprint density at radius 1 is 1.54 bits per heavy atom. The second-order valence-corrected chi connectivity index (χ2v) is 3.10. The first-order chi connectivity index (χ1) is 6.18. The monoisotopic (exact) mass is 174 g/mol. The molecule has 0 unspecified atom stereocenters. The topological polar surface area (TPSA) is 34.4 Å². The molecule has 0 fully saturated rings. The van der Waals surface area contributed by atoms with Gasteiger partial charge in [-0.2, -0.15) is 0 Å². The predicted molar refractivity (Wildman–Crippen MR) is 49.9 cm³/mol. The van der Waals surface area contributed by atoms with Crippen molar-refractivity contribution in [2.75, 3.05) is 0 Å². The highest BCUT2D eigenvalue weighted by Gasteiger charge is 2.06. The summed E-state index contributed by atoms with van der Waals surface area (Å²) in [5.41, 5.74) is 2.46. The van der Waals surface area contributed by atoms with Crippen LogP contribution in [0.15, 0.2) is 24.5 Å². The van der Waals surface area contributed by atoms with Crippen molar-refractivity contribution in [3.8, 4) is 0 Å². The van der Waals surface area contributed by atoms with Gasteiger partial charge in [-0.1, -0.05) is 6.07 Å². The van der Waals surface area contributed by atoms with E-state index in [0.717, 1.165) is 11.2 Å². The first-order valence-corrected chi connectivity index (χ1v) is 4.14. The number of carbonyl (C=O) groups is 1. The minimum Gasteiger partial charge on any atom is -0.306 e. The van der Waals surface area contributed by atoms with Crippen LogP contribution < -0.4 is 0 Å². The van der Waals surface area contributed by atoms with Crippen LogP contribution in [0.4, 0.5) is 0 Å². The summed E-state index contributed by atoms with van der Waals surface area (Å²) in [6.45, 7) is 3.50. The van der Waals surface area contributed by atoms with Crippen LogP contribution in [0.25, 0.3) is 5.65 Å². The Morgan fingerprint density at radius 2 is 2.31 bits per heavy atom. The fraction of sp³-hybridized carbons (Fsp3) is 0.200. The molecular weight excluding hydrogens is 164 g/mol. The van der Waals surface area contributed by atoms with E-state index < -0.39 is 0 Å². The molecule has 3 heteroatoms. The normalized spacial score (nSPS) is 10.6. The van der Waals surface area contributed by atoms with Gasteiger partial charge in [-0.3, -0.25) is 4.79 Å². The average Bonchev–Trinajstić information content (AvgIpc) is 2.49. The van der Waals surface area contributed by atoms with Gasteiger partial charge in [0.1, 0.15) is 11.3 Å². The van der Waals surface area contributed by atoms with E-state index in [1.807, 2.05) is 29.7 Å². The van der Waals surface area contributed by atoms with Gasteiger partial charge in [-0.25, -0.2) is 4.98 Å². The van der Waals surface area contributed by atoms with Crippen LogP contribution in [0.5, 0.6) is 0 Å². The molecule has 3 nitrogen and oxygen atoms in total. The van der Waals surface area contributed by atoms with Crippen molar-refractivity contribution in [1.29, 1.82) is 0 Å². The number of imidazole rings is 1. The number of pyridine rings is 1. The Labute approximate surface area is 76.0 Å². The smallest absolute Gasteiger partial charge is 0.179 e. The van der Waals surface area contributed by atoms with Crippen LogP contribution in [-0.4, -0.2) is 15.2 Å². The Balaban J connectivity index is 2.75. The Bertz CT molecular complexity index is 471.